The second-order valence-electron chi connectivity index (χ2n) is 7.27. The molecule has 9 nitrogen and oxygen atoms in total. The van der Waals surface area contributed by atoms with Crippen molar-refractivity contribution in [1.29, 1.82) is 0 Å². The van der Waals surface area contributed by atoms with Gasteiger partial charge in [0, 0.05) is 20.2 Å². The number of nitrogens with zero attached hydrogens (tertiary/aromatic N) is 4. The minimum absolute atomic E-state index is 0.195. The molecule has 10 heteroatoms. The molecule has 0 aromatic carbocycles. The number of hydrogen-bond donors (Lipinski definition) is 0. The van der Waals surface area contributed by atoms with Crippen LogP contribution in [0.2, 0.25) is 0 Å². The molecule has 0 N–H and O–H groups in total. The first-order valence-electron chi connectivity index (χ1n) is 10.0. The second kappa shape index (κ2) is 10.00. The van der Waals surface area contributed by atoms with Crippen molar-refractivity contribution in [3.8, 4) is 0 Å². The summed E-state index contributed by atoms with van der Waals surface area (Å²) in [6.45, 7) is 10.5. The second-order valence-corrected chi connectivity index (χ2v) is 10.7. The average molecular weight is 427 g/mol. The highest BCUT2D eigenvalue weighted by molar-refractivity contribution is 7.78. The zero-order valence-electron chi connectivity index (χ0n) is 17.8. The Morgan fingerprint density at radius 3 is 2.21 bits per heavy atom. The molecule has 0 amide bonds. The first-order valence-corrected chi connectivity index (χ1v) is 12.2. The van der Waals surface area contributed by atoms with Crippen molar-refractivity contribution < 1.29 is 23.4 Å². The molecule has 3 rings (SSSR count). The topological polar surface area (TPSA) is 80.0 Å². The van der Waals surface area contributed by atoms with E-state index in [4.69, 9.17) is 18.6 Å². The van der Waals surface area contributed by atoms with Crippen molar-refractivity contribution in [3.05, 3.63) is 11.8 Å². The average Bonchev–Trinajstić information content (AvgIpc) is 3.18. The van der Waals surface area contributed by atoms with E-state index in [-0.39, 0.29) is 5.76 Å². The Balaban J connectivity index is 2.07. The minimum Gasteiger partial charge on any atom is -0.460 e. The summed E-state index contributed by atoms with van der Waals surface area (Å²) in [4.78, 5) is 18.8. The maximum atomic E-state index is 12.4. The normalized spacial score (nSPS) is 19.6. The number of furan rings is 1. The quantitative estimate of drug-likeness (QED) is 0.280. The Morgan fingerprint density at radius 1 is 1.17 bits per heavy atom. The number of rotatable bonds is 7. The summed E-state index contributed by atoms with van der Waals surface area (Å²) in [7, 11) is 1.76. The van der Waals surface area contributed by atoms with E-state index < -0.39 is 13.5 Å². The van der Waals surface area contributed by atoms with Crippen LogP contribution in [0.4, 0.5) is 5.88 Å². The lowest BCUT2D eigenvalue weighted by Crippen LogP contribution is -2.49. The smallest absolute Gasteiger partial charge is 0.374 e. The molecule has 2 aliphatic rings. The molecule has 2 saturated heterocycles. The first kappa shape index (κ1) is 22.2. The molecule has 0 atom stereocenters. The van der Waals surface area contributed by atoms with Crippen LogP contribution in [0.25, 0.3) is 0 Å². The summed E-state index contributed by atoms with van der Waals surface area (Å²) >= 11 is 0. The van der Waals surface area contributed by atoms with Crippen molar-refractivity contribution in [1.82, 2.24) is 14.2 Å². The third kappa shape index (κ3) is 4.98. The van der Waals surface area contributed by atoms with Gasteiger partial charge in [-0.05, 0) is 6.92 Å². The third-order valence-electron chi connectivity index (χ3n) is 5.11. The van der Waals surface area contributed by atoms with E-state index >= 15 is 0 Å². The molecular formula is C19H32N4O5P+. The molecule has 162 valence electrons. The maximum Gasteiger partial charge on any atom is 0.374 e. The molecule has 0 saturated carbocycles. The molecule has 0 spiro atoms. The van der Waals surface area contributed by atoms with Crippen LogP contribution < -0.4 is 5.30 Å². The molecule has 0 radical (unpaired) electrons. The predicted molar refractivity (Wildman–Crippen MR) is 114 cm³/mol. The standard InChI is InChI=1S/C19H32N4O5P/c1-5-27-19(24)16-14-17(18(28-16)20-15-21(2)3)29(4,22-6-10-25-11-7-22)23-8-12-26-13-9-23/h14-15H,5-13H2,1-4H3/q+1/b20-15-. The fourth-order valence-corrected chi connectivity index (χ4v) is 7.29. The lowest BCUT2D eigenvalue weighted by molar-refractivity contribution is 0.0491. The highest BCUT2D eigenvalue weighted by atomic mass is 31.2. The summed E-state index contributed by atoms with van der Waals surface area (Å²) in [5, 5.41) is 0.961. The monoisotopic (exact) mass is 427 g/mol. The van der Waals surface area contributed by atoms with Crippen LogP contribution in [0.1, 0.15) is 17.5 Å². The number of aliphatic imine (C=N–C) groups is 1. The van der Waals surface area contributed by atoms with Crippen LogP contribution in [-0.2, 0) is 14.2 Å². The Hall–Kier alpha value is -1.51. The highest BCUT2D eigenvalue weighted by Gasteiger charge is 2.52. The van der Waals surface area contributed by atoms with Crippen LogP contribution in [0.15, 0.2) is 15.5 Å². The lowest BCUT2D eigenvalue weighted by Gasteiger charge is -2.42. The van der Waals surface area contributed by atoms with E-state index in [9.17, 15) is 4.79 Å². The van der Waals surface area contributed by atoms with Gasteiger partial charge in [0.15, 0.2) is 12.9 Å². The summed E-state index contributed by atoms with van der Waals surface area (Å²) in [6.07, 6.45) is 1.69. The zero-order valence-corrected chi connectivity index (χ0v) is 18.7. The minimum atomic E-state index is -2.04. The van der Waals surface area contributed by atoms with E-state index in [2.05, 4.69) is 21.0 Å². The molecule has 0 unspecified atom stereocenters. The summed E-state index contributed by atoms with van der Waals surface area (Å²) in [5.41, 5.74) is 0. The predicted octanol–water partition coefficient (Wildman–Crippen LogP) is 1.44. The van der Waals surface area contributed by atoms with Crippen LogP contribution in [-0.4, -0.2) is 107 Å². The number of esters is 1. The maximum absolute atomic E-state index is 12.4. The van der Waals surface area contributed by atoms with Crippen molar-refractivity contribution >= 4 is 31.1 Å². The molecular weight excluding hydrogens is 395 g/mol. The number of carbonyl (C=O) groups excluding carboxylic acids is 1. The molecule has 2 aliphatic heterocycles. The first-order chi connectivity index (χ1) is 14.0. The molecule has 0 bridgehead atoms. The van der Waals surface area contributed by atoms with Gasteiger partial charge in [0.2, 0.25) is 5.76 Å². The van der Waals surface area contributed by atoms with Crippen molar-refractivity contribution in [2.45, 2.75) is 6.92 Å². The molecule has 1 aromatic heterocycles. The fraction of sp³-hybridized carbons (Fsp3) is 0.684. The highest BCUT2D eigenvalue weighted by Crippen LogP contribution is 2.62. The Kier molecular flexibility index (Phi) is 7.65. The van der Waals surface area contributed by atoms with E-state index in [0.29, 0.717) is 38.9 Å². The van der Waals surface area contributed by atoms with Crippen molar-refractivity contribution in [2.24, 2.45) is 4.99 Å². The lowest BCUT2D eigenvalue weighted by atomic mass is 10.4. The van der Waals surface area contributed by atoms with Gasteiger partial charge in [0.25, 0.3) is 5.88 Å². The van der Waals surface area contributed by atoms with Crippen molar-refractivity contribution in [2.75, 3.05) is 80.0 Å². The van der Waals surface area contributed by atoms with Gasteiger partial charge < -0.3 is 23.5 Å². The summed E-state index contributed by atoms with van der Waals surface area (Å²) in [5.74, 6) is 0.201. The van der Waals surface area contributed by atoms with E-state index in [1.807, 2.05) is 25.1 Å². The summed E-state index contributed by atoms with van der Waals surface area (Å²) in [6, 6.07) is 1.83. The van der Waals surface area contributed by atoms with E-state index in [1.165, 1.54) is 0 Å². The molecule has 1 aromatic rings. The van der Waals surface area contributed by atoms with Gasteiger partial charge in [-0.3, -0.25) is 0 Å². The molecule has 3 heterocycles. The number of hydrogen-bond acceptors (Lipinski definition) is 8. The Morgan fingerprint density at radius 2 is 1.72 bits per heavy atom. The zero-order chi connectivity index (χ0) is 20.9. The van der Waals surface area contributed by atoms with Crippen LogP contribution in [0, 0.1) is 0 Å². The van der Waals surface area contributed by atoms with Crippen LogP contribution in [0.5, 0.6) is 0 Å². The van der Waals surface area contributed by atoms with Crippen molar-refractivity contribution in [3.63, 3.8) is 0 Å². The van der Waals surface area contributed by atoms with Gasteiger partial charge in [-0.15, -0.1) is 0 Å². The fourth-order valence-electron chi connectivity index (χ4n) is 3.61. The largest absolute Gasteiger partial charge is 0.460 e. The third-order valence-corrected chi connectivity index (χ3v) is 9.35. The molecule has 2 fully saturated rings. The van der Waals surface area contributed by atoms with Gasteiger partial charge >= 0.3 is 5.97 Å². The Labute approximate surface area is 173 Å². The van der Waals surface area contributed by atoms with E-state index in [1.54, 1.807) is 13.3 Å². The number of morpholine rings is 2. The van der Waals surface area contributed by atoms with Gasteiger partial charge in [-0.25, -0.2) is 9.79 Å². The van der Waals surface area contributed by atoms with Gasteiger partial charge in [0.05, 0.1) is 72.2 Å². The van der Waals surface area contributed by atoms with Crippen LogP contribution in [0.3, 0.4) is 0 Å². The van der Waals surface area contributed by atoms with Gasteiger partial charge in [-0.1, -0.05) is 0 Å². The number of carbonyl (C=O) groups is 1. The van der Waals surface area contributed by atoms with Gasteiger partial charge in [-0.2, -0.15) is 9.34 Å². The number of ether oxygens (including phenoxy) is 3. The Bertz CT molecular complexity index is 693. The van der Waals surface area contributed by atoms with Gasteiger partial charge in [0.1, 0.15) is 0 Å². The van der Waals surface area contributed by atoms with E-state index in [0.717, 1.165) is 31.5 Å². The summed E-state index contributed by atoms with van der Waals surface area (Å²) < 4.78 is 27.3. The SMILES string of the molecule is CCOC(=O)c1cc([P+](C)(N2CCOCC2)N2CCOCC2)c(/N=C\N(C)C)o1. The molecule has 29 heavy (non-hydrogen) atoms. The van der Waals surface area contributed by atoms with Crippen LogP contribution >= 0.6 is 7.56 Å². The molecule has 0 aliphatic carbocycles.